The molecule has 0 amide bonds. The van der Waals surface area contributed by atoms with Gasteiger partial charge in [0.1, 0.15) is 26.4 Å². The van der Waals surface area contributed by atoms with E-state index in [2.05, 4.69) is 0 Å². The van der Waals surface area contributed by atoms with Gasteiger partial charge in [-0.15, -0.1) is 0 Å². The van der Waals surface area contributed by atoms with Gasteiger partial charge in [0.15, 0.2) is 0 Å². The van der Waals surface area contributed by atoms with Crippen molar-refractivity contribution in [2.24, 2.45) is 34.8 Å². The smallest absolute Gasteiger partial charge is 0.310 e. The highest BCUT2D eigenvalue weighted by atomic mass is 33.1. The molecular weight excluding hydrogens is 729 g/mol. The van der Waals surface area contributed by atoms with Crippen molar-refractivity contribution in [1.82, 2.24) is 0 Å². The van der Waals surface area contributed by atoms with Gasteiger partial charge in [0.05, 0.1) is 24.7 Å². The van der Waals surface area contributed by atoms with Gasteiger partial charge in [0, 0.05) is 72.2 Å². The first-order valence-electron chi connectivity index (χ1n) is 13.8. The maximum absolute atomic E-state index is 13.3. The minimum absolute atomic E-state index is 0.0561. The Bertz CT molecular complexity index is 707. The molecule has 0 aromatic carbocycles. The average molecular weight is 775 g/mol. The first-order chi connectivity index (χ1) is 21.4. The quantitative estimate of drug-likeness (QED) is 0.0345. The van der Waals surface area contributed by atoms with Crippen LogP contribution in [0.5, 0.6) is 0 Å². The van der Waals surface area contributed by atoms with Crippen LogP contribution in [0.1, 0.15) is 12.8 Å². The van der Waals surface area contributed by atoms with Crippen molar-refractivity contribution in [1.29, 1.82) is 0 Å². The van der Waals surface area contributed by atoms with Gasteiger partial charge in [-0.2, -0.15) is 0 Å². The molecule has 0 radical (unpaired) electrons. The zero-order valence-corrected chi connectivity index (χ0v) is 31.3. The van der Waals surface area contributed by atoms with Gasteiger partial charge in [0.25, 0.3) is 0 Å². The molecule has 0 saturated heterocycles. The Labute approximate surface area is 292 Å². The predicted octanol–water partition coefficient (Wildman–Crippen LogP) is 2.53. The number of rotatable bonds is 31. The molecule has 0 fully saturated rings. The predicted molar refractivity (Wildman–Crippen MR) is 196 cm³/mol. The summed E-state index contributed by atoms with van der Waals surface area (Å²) < 4.78 is 21.5. The third-order valence-electron chi connectivity index (χ3n) is 4.68. The maximum Gasteiger partial charge on any atom is 0.310 e. The lowest BCUT2D eigenvalue weighted by Crippen LogP contribution is -2.37. The zero-order chi connectivity index (χ0) is 32.7. The van der Waals surface area contributed by atoms with Gasteiger partial charge in [-0.05, 0) is 0 Å². The lowest BCUT2D eigenvalue weighted by Gasteiger charge is -2.23. The van der Waals surface area contributed by atoms with E-state index in [1.165, 1.54) is 43.2 Å². The third kappa shape index (κ3) is 26.6. The molecule has 0 aliphatic heterocycles. The molecule has 0 saturated carbocycles. The largest absolute Gasteiger partial charge is 0.465 e. The van der Waals surface area contributed by atoms with E-state index in [0.717, 1.165) is 23.0 Å². The SMILES string of the molecule is NCCSSCCOC(=O)CC(C(=O)OCCSSCCN)C(CC(=O)OCCSSCCN)C(=O)OCCSSCCN. The Balaban J connectivity index is 5.50. The van der Waals surface area contributed by atoms with Crippen LogP contribution in [0.15, 0.2) is 0 Å². The molecule has 8 N–H and O–H groups in total. The second kappa shape index (κ2) is 33.4. The van der Waals surface area contributed by atoms with E-state index in [0.29, 0.717) is 49.2 Å². The molecule has 0 aliphatic carbocycles. The van der Waals surface area contributed by atoms with Crippen LogP contribution < -0.4 is 22.9 Å². The van der Waals surface area contributed by atoms with E-state index in [1.807, 2.05) is 0 Å². The molecule has 12 nitrogen and oxygen atoms in total. The molecule has 0 aromatic heterocycles. The van der Waals surface area contributed by atoms with Crippen molar-refractivity contribution in [2.45, 2.75) is 12.8 Å². The number of carbonyl (C=O) groups is 4. The van der Waals surface area contributed by atoms with Crippen LogP contribution in [0.4, 0.5) is 0 Å². The van der Waals surface area contributed by atoms with Gasteiger partial charge in [-0.1, -0.05) is 86.4 Å². The third-order valence-corrected chi connectivity index (χ3v) is 14.3. The number of nitrogens with two attached hydrogens (primary N) is 4. The summed E-state index contributed by atoms with van der Waals surface area (Å²) in [7, 11) is 12.2. The van der Waals surface area contributed by atoms with Gasteiger partial charge in [0.2, 0.25) is 0 Å². The van der Waals surface area contributed by atoms with Crippen LogP contribution in [0, 0.1) is 11.8 Å². The molecule has 2 unspecified atom stereocenters. The number of hydrogen-bond donors (Lipinski definition) is 4. The monoisotopic (exact) mass is 774 g/mol. The molecular formula is C24H46N4O8S8. The minimum Gasteiger partial charge on any atom is -0.465 e. The van der Waals surface area contributed by atoms with Gasteiger partial charge >= 0.3 is 23.9 Å². The second-order valence-electron chi connectivity index (χ2n) is 8.13. The Morgan fingerprint density at radius 1 is 0.409 bits per heavy atom. The van der Waals surface area contributed by atoms with Crippen molar-refractivity contribution in [2.75, 3.05) is 98.6 Å². The fraction of sp³-hybridized carbons (Fsp3) is 0.833. The summed E-state index contributed by atoms with van der Waals surface area (Å²) in [6, 6.07) is 0. The Kier molecular flexibility index (Phi) is 33.8. The molecule has 0 aromatic rings. The summed E-state index contributed by atoms with van der Waals surface area (Å²) in [6.45, 7) is 2.49. The van der Waals surface area contributed by atoms with Crippen molar-refractivity contribution >= 4 is 110 Å². The summed E-state index contributed by atoms with van der Waals surface area (Å²) in [4.78, 5) is 52.1. The van der Waals surface area contributed by atoms with E-state index in [9.17, 15) is 19.2 Å². The van der Waals surface area contributed by atoms with E-state index < -0.39 is 48.6 Å². The molecule has 44 heavy (non-hydrogen) atoms. The standard InChI is InChI=1S/C24H46N4O8S8/c25-1-9-37-41-13-5-33-21(29)17-19(23(31)35-7-15-43-39-11-3-27)20(24(32)36-8-16-44-40-12-4-28)18-22(30)34-6-14-42-38-10-2-26/h19-20H,1-18,25-28H2. The molecule has 258 valence electrons. The molecule has 2 atom stereocenters. The van der Waals surface area contributed by atoms with Gasteiger partial charge in [-0.25, -0.2) is 0 Å². The lowest BCUT2D eigenvalue weighted by atomic mass is 9.86. The van der Waals surface area contributed by atoms with E-state index >= 15 is 0 Å². The van der Waals surface area contributed by atoms with Crippen molar-refractivity contribution in [3.63, 3.8) is 0 Å². The van der Waals surface area contributed by atoms with E-state index in [4.69, 9.17) is 41.9 Å². The highest BCUT2D eigenvalue weighted by Gasteiger charge is 2.40. The topological polar surface area (TPSA) is 209 Å². The highest BCUT2D eigenvalue weighted by molar-refractivity contribution is 8.77. The lowest BCUT2D eigenvalue weighted by molar-refractivity contribution is -0.166. The van der Waals surface area contributed by atoms with E-state index in [1.54, 1.807) is 43.2 Å². The maximum atomic E-state index is 13.3. The number of carbonyl (C=O) groups excluding carboxylic acids is 4. The zero-order valence-electron chi connectivity index (χ0n) is 24.7. The normalized spacial score (nSPS) is 12.4. The fourth-order valence-electron chi connectivity index (χ4n) is 2.87. The first-order valence-corrected chi connectivity index (χ1v) is 23.8. The second-order valence-corrected chi connectivity index (χ2v) is 18.9. The van der Waals surface area contributed by atoms with E-state index in [-0.39, 0.29) is 26.4 Å². The summed E-state index contributed by atoms with van der Waals surface area (Å²) >= 11 is 0. The molecule has 0 aliphatic rings. The van der Waals surface area contributed by atoms with Crippen LogP contribution in [-0.4, -0.2) is 123 Å². The summed E-state index contributed by atoms with van der Waals surface area (Å²) in [5.41, 5.74) is 22.0. The number of ether oxygens (including phenoxy) is 4. The molecule has 0 heterocycles. The van der Waals surface area contributed by atoms with Crippen molar-refractivity contribution < 1.29 is 38.1 Å². The van der Waals surface area contributed by atoms with Crippen LogP contribution in [0.3, 0.4) is 0 Å². The Morgan fingerprint density at radius 2 is 0.659 bits per heavy atom. The van der Waals surface area contributed by atoms with Crippen LogP contribution in [0.2, 0.25) is 0 Å². The van der Waals surface area contributed by atoms with Crippen LogP contribution in [-0.2, 0) is 38.1 Å². The fourth-order valence-corrected chi connectivity index (χ4v) is 9.60. The molecule has 20 heteroatoms. The van der Waals surface area contributed by atoms with Crippen molar-refractivity contribution in [3.8, 4) is 0 Å². The summed E-state index contributed by atoms with van der Waals surface area (Å²) in [5, 5.41) is 0. The molecule has 0 bridgehead atoms. The van der Waals surface area contributed by atoms with Gasteiger partial charge < -0.3 is 41.9 Å². The number of hydrogen-bond acceptors (Lipinski definition) is 20. The van der Waals surface area contributed by atoms with Crippen LogP contribution in [0.25, 0.3) is 0 Å². The molecule has 0 rings (SSSR count). The Hall–Kier alpha value is 0.520. The Morgan fingerprint density at radius 3 is 0.932 bits per heavy atom. The summed E-state index contributed by atoms with van der Waals surface area (Å²) in [6.07, 6.45) is -0.900. The molecule has 0 spiro atoms. The van der Waals surface area contributed by atoms with Crippen molar-refractivity contribution in [3.05, 3.63) is 0 Å². The minimum atomic E-state index is -1.29. The van der Waals surface area contributed by atoms with Crippen LogP contribution >= 0.6 is 86.4 Å². The highest BCUT2D eigenvalue weighted by Crippen LogP contribution is 2.27. The average Bonchev–Trinajstić information content (AvgIpc) is 3.01. The van der Waals surface area contributed by atoms with Gasteiger partial charge in [-0.3, -0.25) is 19.2 Å². The number of esters is 4. The first kappa shape index (κ1) is 44.5. The summed E-state index contributed by atoms with van der Waals surface area (Å²) in [5.74, 6) is -0.449.